The molecule has 1 fully saturated rings. The fraction of sp³-hybridized carbons (Fsp3) is 0.600. The molecular formula is C15H22N2O. The molecule has 98 valence electrons. The first-order chi connectivity index (χ1) is 8.86. The third-order valence-electron chi connectivity index (χ3n) is 4.43. The summed E-state index contributed by atoms with van der Waals surface area (Å²) in [6, 6.07) is 8.40. The standard InChI is InChI=1S/C15H22N2O/c16-12-15(8-3-4-9-15)17-10-5-11-18-14-7-2-1-6-13(14)17/h1-2,6-7H,3-5,8-12,16H2. The average Bonchev–Trinajstić information content (AvgIpc) is 2.80. The summed E-state index contributed by atoms with van der Waals surface area (Å²) in [7, 11) is 0. The van der Waals surface area contributed by atoms with Crippen LogP contribution in [0.4, 0.5) is 5.69 Å². The Bertz CT molecular complexity index is 413. The third kappa shape index (κ3) is 1.87. The summed E-state index contributed by atoms with van der Waals surface area (Å²) in [4.78, 5) is 2.53. The normalized spacial score (nSPS) is 22.2. The van der Waals surface area contributed by atoms with Gasteiger partial charge in [0.25, 0.3) is 0 Å². The first-order valence-corrected chi connectivity index (χ1v) is 7.05. The second kappa shape index (κ2) is 4.81. The molecule has 1 aromatic carbocycles. The zero-order valence-corrected chi connectivity index (χ0v) is 10.9. The molecule has 0 saturated heterocycles. The van der Waals surface area contributed by atoms with Gasteiger partial charge in [-0.3, -0.25) is 0 Å². The van der Waals surface area contributed by atoms with Crippen molar-refractivity contribution in [1.29, 1.82) is 0 Å². The smallest absolute Gasteiger partial charge is 0.142 e. The van der Waals surface area contributed by atoms with Gasteiger partial charge in [0.2, 0.25) is 0 Å². The van der Waals surface area contributed by atoms with Gasteiger partial charge in [-0.1, -0.05) is 25.0 Å². The van der Waals surface area contributed by atoms with E-state index < -0.39 is 0 Å². The largest absolute Gasteiger partial charge is 0.491 e. The molecule has 0 atom stereocenters. The van der Waals surface area contributed by atoms with Crippen LogP contribution >= 0.6 is 0 Å². The number of nitrogens with zero attached hydrogens (tertiary/aromatic N) is 1. The number of benzene rings is 1. The Morgan fingerprint density at radius 2 is 1.94 bits per heavy atom. The monoisotopic (exact) mass is 246 g/mol. The average molecular weight is 246 g/mol. The molecule has 2 N–H and O–H groups in total. The van der Waals surface area contributed by atoms with Crippen LogP contribution in [0.15, 0.2) is 24.3 Å². The molecule has 3 rings (SSSR count). The van der Waals surface area contributed by atoms with Gasteiger partial charge in [0, 0.05) is 13.1 Å². The number of rotatable bonds is 2. The highest BCUT2D eigenvalue weighted by atomic mass is 16.5. The Balaban J connectivity index is 2.00. The van der Waals surface area contributed by atoms with E-state index in [0.717, 1.165) is 31.9 Å². The van der Waals surface area contributed by atoms with E-state index in [1.807, 2.05) is 6.07 Å². The van der Waals surface area contributed by atoms with Crippen LogP contribution in [-0.4, -0.2) is 25.2 Å². The minimum absolute atomic E-state index is 0.170. The van der Waals surface area contributed by atoms with Crippen molar-refractivity contribution in [3.05, 3.63) is 24.3 Å². The predicted molar refractivity (Wildman–Crippen MR) is 74.2 cm³/mol. The van der Waals surface area contributed by atoms with Crippen LogP contribution in [0, 0.1) is 0 Å². The molecule has 3 heteroatoms. The van der Waals surface area contributed by atoms with Gasteiger partial charge in [0.1, 0.15) is 5.75 Å². The molecule has 18 heavy (non-hydrogen) atoms. The lowest BCUT2D eigenvalue weighted by Crippen LogP contribution is -2.52. The Morgan fingerprint density at radius 1 is 1.17 bits per heavy atom. The maximum absolute atomic E-state index is 6.13. The summed E-state index contributed by atoms with van der Waals surface area (Å²) < 4.78 is 5.85. The van der Waals surface area contributed by atoms with E-state index in [9.17, 15) is 0 Å². The van der Waals surface area contributed by atoms with Crippen LogP contribution in [0.2, 0.25) is 0 Å². The Labute approximate surface area is 109 Å². The number of hydrogen-bond acceptors (Lipinski definition) is 3. The summed E-state index contributed by atoms with van der Waals surface area (Å²) in [6.45, 7) is 2.63. The van der Waals surface area contributed by atoms with Crippen LogP contribution in [0.1, 0.15) is 32.1 Å². The van der Waals surface area contributed by atoms with Crippen LogP contribution in [0.3, 0.4) is 0 Å². The van der Waals surface area contributed by atoms with E-state index in [0.29, 0.717) is 0 Å². The van der Waals surface area contributed by atoms with Crippen molar-refractivity contribution in [2.75, 3.05) is 24.6 Å². The van der Waals surface area contributed by atoms with Gasteiger partial charge >= 0.3 is 0 Å². The molecule has 1 aliphatic carbocycles. The predicted octanol–water partition coefficient (Wildman–Crippen LogP) is 2.55. The number of hydrogen-bond donors (Lipinski definition) is 1. The van der Waals surface area contributed by atoms with Crippen molar-refractivity contribution < 1.29 is 4.74 Å². The maximum atomic E-state index is 6.13. The summed E-state index contributed by atoms with van der Waals surface area (Å²) in [5.74, 6) is 1.02. The Morgan fingerprint density at radius 3 is 2.72 bits per heavy atom. The zero-order valence-electron chi connectivity index (χ0n) is 10.9. The number of anilines is 1. The first kappa shape index (κ1) is 11.8. The molecule has 0 radical (unpaired) electrons. The lowest BCUT2D eigenvalue weighted by molar-refractivity contribution is 0.320. The molecule has 0 spiro atoms. The van der Waals surface area contributed by atoms with Crippen molar-refractivity contribution >= 4 is 5.69 Å². The minimum Gasteiger partial charge on any atom is -0.491 e. The molecule has 0 aromatic heterocycles. The van der Waals surface area contributed by atoms with Crippen molar-refractivity contribution in [2.24, 2.45) is 5.73 Å². The summed E-state index contributed by atoms with van der Waals surface area (Å²) >= 11 is 0. The lowest BCUT2D eigenvalue weighted by Gasteiger charge is -2.42. The molecule has 0 bridgehead atoms. The number of ether oxygens (including phenoxy) is 1. The fourth-order valence-corrected chi connectivity index (χ4v) is 3.44. The number of nitrogens with two attached hydrogens (primary N) is 1. The number of fused-ring (bicyclic) bond motifs is 1. The molecule has 1 saturated carbocycles. The van der Waals surface area contributed by atoms with Crippen LogP contribution in [0.25, 0.3) is 0 Å². The van der Waals surface area contributed by atoms with E-state index in [1.54, 1.807) is 0 Å². The van der Waals surface area contributed by atoms with Crippen LogP contribution < -0.4 is 15.4 Å². The Kier molecular flexibility index (Phi) is 3.16. The highest BCUT2D eigenvalue weighted by Gasteiger charge is 2.39. The van der Waals surface area contributed by atoms with Gasteiger partial charge in [-0.2, -0.15) is 0 Å². The van der Waals surface area contributed by atoms with Crippen molar-refractivity contribution in [3.8, 4) is 5.75 Å². The maximum Gasteiger partial charge on any atom is 0.142 e. The molecule has 0 amide bonds. The van der Waals surface area contributed by atoms with Crippen LogP contribution in [0.5, 0.6) is 5.75 Å². The van der Waals surface area contributed by atoms with Gasteiger partial charge in [0.05, 0.1) is 17.8 Å². The second-order valence-electron chi connectivity index (χ2n) is 5.46. The SMILES string of the molecule is NCC1(N2CCCOc3ccccc32)CCCC1. The van der Waals surface area contributed by atoms with E-state index >= 15 is 0 Å². The molecule has 1 heterocycles. The van der Waals surface area contributed by atoms with Gasteiger partial charge in [-0.25, -0.2) is 0 Å². The van der Waals surface area contributed by atoms with E-state index in [2.05, 4.69) is 23.1 Å². The summed E-state index contributed by atoms with van der Waals surface area (Å²) in [5.41, 5.74) is 7.53. The molecule has 1 aromatic rings. The molecular weight excluding hydrogens is 224 g/mol. The number of para-hydroxylation sites is 2. The molecule has 3 nitrogen and oxygen atoms in total. The zero-order chi connectivity index (χ0) is 12.4. The highest BCUT2D eigenvalue weighted by Crippen LogP contribution is 2.42. The van der Waals surface area contributed by atoms with E-state index in [1.165, 1.54) is 31.4 Å². The van der Waals surface area contributed by atoms with Gasteiger partial charge in [-0.15, -0.1) is 0 Å². The Hall–Kier alpha value is -1.22. The van der Waals surface area contributed by atoms with Crippen LogP contribution in [-0.2, 0) is 0 Å². The van der Waals surface area contributed by atoms with Crippen molar-refractivity contribution in [2.45, 2.75) is 37.6 Å². The van der Waals surface area contributed by atoms with Crippen molar-refractivity contribution in [3.63, 3.8) is 0 Å². The summed E-state index contributed by atoms with van der Waals surface area (Å²) in [6.07, 6.45) is 6.12. The molecule has 2 aliphatic rings. The van der Waals surface area contributed by atoms with Gasteiger partial charge in [-0.05, 0) is 31.4 Å². The first-order valence-electron chi connectivity index (χ1n) is 7.05. The van der Waals surface area contributed by atoms with Gasteiger partial charge < -0.3 is 15.4 Å². The lowest BCUT2D eigenvalue weighted by atomic mass is 9.94. The van der Waals surface area contributed by atoms with Gasteiger partial charge in [0.15, 0.2) is 0 Å². The van der Waals surface area contributed by atoms with Crippen molar-refractivity contribution in [1.82, 2.24) is 0 Å². The summed E-state index contributed by atoms with van der Waals surface area (Å²) in [5, 5.41) is 0. The minimum atomic E-state index is 0.170. The molecule has 1 aliphatic heterocycles. The second-order valence-corrected chi connectivity index (χ2v) is 5.46. The third-order valence-corrected chi connectivity index (χ3v) is 4.43. The highest BCUT2D eigenvalue weighted by molar-refractivity contribution is 5.61. The quantitative estimate of drug-likeness (QED) is 0.871. The van der Waals surface area contributed by atoms with E-state index in [4.69, 9.17) is 10.5 Å². The topological polar surface area (TPSA) is 38.5 Å². The fourth-order valence-electron chi connectivity index (χ4n) is 3.44. The van der Waals surface area contributed by atoms with E-state index in [-0.39, 0.29) is 5.54 Å². The molecule has 0 unspecified atom stereocenters.